The number of carbonyl (C=O) groups is 1. The molecule has 1 amide bonds. The summed E-state index contributed by atoms with van der Waals surface area (Å²) >= 11 is 1.50. The van der Waals surface area contributed by atoms with Crippen LogP contribution in [0.1, 0.15) is 5.56 Å². The molecular weight excluding hydrogens is 308 g/mol. The van der Waals surface area contributed by atoms with Crippen molar-refractivity contribution in [3.63, 3.8) is 0 Å². The number of ether oxygens (including phenoxy) is 1. The van der Waals surface area contributed by atoms with Gasteiger partial charge in [-0.05, 0) is 35.9 Å². The average molecular weight is 324 g/mol. The first-order chi connectivity index (χ1) is 11.2. The monoisotopic (exact) mass is 324 g/mol. The largest absolute Gasteiger partial charge is 0.497 e. The Morgan fingerprint density at radius 1 is 1.22 bits per heavy atom. The summed E-state index contributed by atoms with van der Waals surface area (Å²) in [5, 5.41) is 0. The number of aryl methyl sites for hydroxylation is 1. The normalized spacial score (nSPS) is 12.2. The number of fused-ring (bicyclic) bond motifs is 1. The summed E-state index contributed by atoms with van der Waals surface area (Å²) in [6, 6.07) is 15.5. The van der Waals surface area contributed by atoms with Gasteiger partial charge in [0.15, 0.2) is 4.80 Å². The number of rotatable bonds is 3. The number of methoxy groups -OCH3 is 1. The molecule has 5 heteroatoms. The number of benzene rings is 2. The predicted octanol–water partition coefficient (Wildman–Crippen LogP) is 3.39. The van der Waals surface area contributed by atoms with E-state index >= 15 is 0 Å². The third-order valence-electron chi connectivity index (χ3n) is 3.43. The van der Waals surface area contributed by atoms with Crippen LogP contribution < -0.4 is 9.54 Å². The van der Waals surface area contributed by atoms with Crippen LogP contribution in [0.3, 0.4) is 0 Å². The molecule has 0 N–H and O–H groups in total. The first-order valence-corrected chi connectivity index (χ1v) is 7.94. The fourth-order valence-corrected chi connectivity index (χ4v) is 3.26. The van der Waals surface area contributed by atoms with Gasteiger partial charge < -0.3 is 9.30 Å². The van der Waals surface area contributed by atoms with E-state index < -0.39 is 0 Å². The fraction of sp³-hybridized carbons (Fsp3) is 0.111. The van der Waals surface area contributed by atoms with E-state index in [0.29, 0.717) is 4.80 Å². The van der Waals surface area contributed by atoms with Crippen LogP contribution in [-0.4, -0.2) is 17.6 Å². The second-order valence-corrected chi connectivity index (χ2v) is 5.98. The Bertz CT molecular complexity index is 951. The van der Waals surface area contributed by atoms with Gasteiger partial charge in [-0.2, -0.15) is 4.99 Å². The lowest BCUT2D eigenvalue weighted by Gasteiger charge is -1.99. The zero-order valence-corrected chi connectivity index (χ0v) is 13.7. The molecule has 0 saturated heterocycles. The quantitative estimate of drug-likeness (QED) is 0.693. The van der Waals surface area contributed by atoms with E-state index in [1.54, 1.807) is 13.2 Å². The maximum atomic E-state index is 12.1. The summed E-state index contributed by atoms with van der Waals surface area (Å²) in [7, 11) is 3.53. The Kier molecular flexibility index (Phi) is 4.39. The Labute approximate surface area is 138 Å². The van der Waals surface area contributed by atoms with Crippen LogP contribution in [0.15, 0.2) is 59.6 Å². The molecule has 1 aromatic heterocycles. The lowest BCUT2D eigenvalue weighted by Crippen LogP contribution is -2.12. The number of carbonyl (C=O) groups excluding carboxylic acids is 1. The van der Waals surface area contributed by atoms with Crippen LogP contribution in [0.5, 0.6) is 5.75 Å². The molecule has 0 aliphatic carbocycles. The van der Waals surface area contributed by atoms with Crippen LogP contribution in [0.2, 0.25) is 0 Å². The van der Waals surface area contributed by atoms with Gasteiger partial charge in [-0.3, -0.25) is 4.79 Å². The summed E-state index contributed by atoms with van der Waals surface area (Å²) in [6.07, 6.45) is 3.21. The summed E-state index contributed by atoms with van der Waals surface area (Å²) in [5.41, 5.74) is 1.97. The first kappa shape index (κ1) is 15.2. The van der Waals surface area contributed by atoms with Crippen LogP contribution in [-0.2, 0) is 11.8 Å². The van der Waals surface area contributed by atoms with Gasteiger partial charge in [0.1, 0.15) is 5.75 Å². The molecule has 0 aliphatic rings. The van der Waals surface area contributed by atoms with E-state index in [9.17, 15) is 4.79 Å². The number of thiazole rings is 1. The molecule has 0 fully saturated rings. The minimum absolute atomic E-state index is 0.282. The molecule has 3 aromatic rings. The highest BCUT2D eigenvalue weighted by atomic mass is 32.1. The van der Waals surface area contributed by atoms with Gasteiger partial charge in [-0.1, -0.05) is 35.6 Å². The Hall–Kier alpha value is -2.66. The molecule has 0 saturated carbocycles. The number of aromatic nitrogens is 1. The summed E-state index contributed by atoms with van der Waals surface area (Å²) in [5.74, 6) is 0.474. The van der Waals surface area contributed by atoms with Gasteiger partial charge in [0.25, 0.3) is 5.91 Å². The molecule has 116 valence electrons. The van der Waals surface area contributed by atoms with Crippen molar-refractivity contribution >= 4 is 33.5 Å². The highest BCUT2D eigenvalue weighted by Crippen LogP contribution is 2.15. The van der Waals surface area contributed by atoms with Crippen molar-refractivity contribution in [3.05, 3.63) is 65.0 Å². The molecule has 3 rings (SSSR count). The number of hydrogen-bond donors (Lipinski definition) is 0. The van der Waals surface area contributed by atoms with Crippen LogP contribution in [0.4, 0.5) is 0 Å². The maximum absolute atomic E-state index is 12.1. The molecule has 0 spiro atoms. The summed E-state index contributed by atoms with van der Waals surface area (Å²) in [6.45, 7) is 0. The minimum Gasteiger partial charge on any atom is -0.497 e. The first-order valence-electron chi connectivity index (χ1n) is 7.13. The zero-order valence-electron chi connectivity index (χ0n) is 12.9. The van der Waals surface area contributed by atoms with Gasteiger partial charge in [0, 0.05) is 13.1 Å². The van der Waals surface area contributed by atoms with Crippen LogP contribution in [0, 0.1) is 0 Å². The molecule has 0 radical (unpaired) electrons. The molecule has 1 heterocycles. The van der Waals surface area contributed by atoms with E-state index in [-0.39, 0.29) is 5.91 Å². The van der Waals surface area contributed by atoms with Gasteiger partial charge in [0.05, 0.1) is 17.3 Å². The smallest absolute Gasteiger partial charge is 0.272 e. The Morgan fingerprint density at radius 3 is 2.83 bits per heavy atom. The third-order valence-corrected chi connectivity index (χ3v) is 4.55. The maximum Gasteiger partial charge on any atom is 0.272 e. The van der Waals surface area contributed by atoms with Crippen molar-refractivity contribution in [1.82, 2.24) is 4.57 Å². The molecular formula is C18H16N2O2S. The summed E-state index contributed by atoms with van der Waals surface area (Å²) in [4.78, 5) is 16.9. The summed E-state index contributed by atoms with van der Waals surface area (Å²) < 4.78 is 8.20. The van der Waals surface area contributed by atoms with Crippen molar-refractivity contribution in [2.75, 3.05) is 7.11 Å². The van der Waals surface area contributed by atoms with E-state index in [1.807, 2.05) is 60.1 Å². The second-order valence-electron chi connectivity index (χ2n) is 4.97. The van der Waals surface area contributed by atoms with E-state index in [0.717, 1.165) is 21.5 Å². The Morgan fingerprint density at radius 2 is 2.04 bits per heavy atom. The van der Waals surface area contributed by atoms with Crippen molar-refractivity contribution in [2.24, 2.45) is 12.0 Å². The van der Waals surface area contributed by atoms with Gasteiger partial charge in [-0.15, -0.1) is 0 Å². The number of amides is 1. The standard InChI is InChI=1S/C18H16N2O2S/c1-20-15-8-3-4-9-16(15)23-18(20)19-17(21)11-10-13-6-5-7-14(12-13)22-2/h3-12H,1-2H3/b11-10+,19-18?. The van der Waals surface area contributed by atoms with Gasteiger partial charge in [-0.25, -0.2) is 0 Å². The van der Waals surface area contributed by atoms with E-state index in [2.05, 4.69) is 4.99 Å². The molecule has 0 unspecified atom stereocenters. The van der Waals surface area contributed by atoms with Crippen molar-refractivity contribution in [2.45, 2.75) is 0 Å². The van der Waals surface area contributed by atoms with Crippen molar-refractivity contribution < 1.29 is 9.53 Å². The van der Waals surface area contributed by atoms with E-state index in [4.69, 9.17) is 4.74 Å². The molecule has 23 heavy (non-hydrogen) atoms. The molecule has 0 bridgehead atoms. The number of hydrogen-bond acceptors (Lipinski definition) is 3. The number of para-hydroxylation sites is 1. The van der Waals surface area contributed by atoms with Gasteiger partial charge in [0.2, 0.25) is 0 Å². The molecule has 4 nitrogen and oxygen atoms in total. The third kappa shape index (κ3) is 3.40. The lowest BCUT2D eigenvalue weighted by molar-refractivity contribution is -0.113. The molecule has 2 aromatic carbocycles. The van der Waals surface area contributed by atoms with Gasteiger partial charge >= 0.3 is 0 Å². The van der Waals surface area contributed by atoms with Crippen LogP contribution >= 0.6 is 11.3 Å². The highest BCUT2D eigenvalue weighted by Gasteiger charge is 2.02. The van der Waals surface area contributed by atoms with E-state index in [1.165, 1.54) is 17.4 Å². The van der Waals surface area contributed by atoms with Crippen molar-refractivity contribution in [3.8, 4) is 5.75 Å². The number of nitrogens with zero attached hydrogens (tertiary/aromatic N) is 2. The fourth-order valence-electron chi connectivity index (χ4n) is 2.23. The van der Waals surface area contributed by atoms with Crippen LogP contribution in [0.25, 0.3) is 16.3 Å². The average Bonchev–Trinajstić information content (AvgIpc) is 2.89. The highest BCUT2D eigenvalue weighted by molar-refractivity contribution is 7.16. The molecule has 0 aliphatic heterocycles. The van der Waals surface area contributed by atoms with Crippen molar-refractivity contribution in [1.29, 1.82) is 0 Å². The second kappa shape index (κ2) is 6.62. The Balaban J connectivity index is 1.87. The SMILES string of the molecule is COc1cccc(/C=C/C(=O)N=c2sc3ccccc3n2C)c1. The lowest BCUT2D eigenvalue weighted by atomic mass is 10.2. The zero-order chi connectivity index (χ0) is 16.2. The minimum atomic E-state index is -0.282. The molecule has 0 atom stereocenters. The topological polar surface area (TPSA) is 43.6 Å². The predicted molar refractivity (Wildman–Crippen MR) is 93.4 cm³/mol.